The van der Waals surface area contributed by atoms with Crippen molar-refractivity contribution in [1.29, 1.82) is 0 Å². The molecule has 3 aliphatic rings. The number of aromatic nitrogens is 1. The lowest BCUT2D eigenvalue weighted by Crippen LogP contribution is -2.54. The van der Waals surface area contributed by atoms with E-state index >= 15 is 0 Å². The molecule has 480 valence electrons. The van der Waals surface area contributed by atoms with Crippen molar-refractivity contribution in [3.63, 3.8) is 0 Å². The van der Waals surface area contributed by atoms with E-state index < -0.39 is 42.3 Å². The van der Waals surface area contributed by atoms with Crippen molar-refractivity contribution in [1.82, 2.24) is 46.3 Å². The highest BCUT2D eigenvalue weighted by Gasteiger charge is 2.30. The van der Waals surface area contributed by atoms with Crippen molar-refractivity contribution < 1.29 is 53.0 Å². The summed E-state index contributed by atoms with van der Waals surface area (Å²) >= 11 is 0. The Labute approximate surface area is 524 Å². The van der Waals surface area contributed by atoms with Gasteiger partial charge >= 0.3 is 12.1 Å². The lowest BCUT2D eigenvalue weighted by Gasteiger charge is -2.28. The lowest BCUT2D eigenvalue weighted by atomic mass is 10.0. The summed E-state index contributed by atoms with van der Waals surface area (Å²) < 4.78 is 5.37. The van der Waals surface area contributed by atoms with E-state index in [0.29, 0.717) is 109 Å². The molecule has 0 fully saturated rings. The number of nitrogens with one attached hydrogen (secondary N) is 7. The number of amides is 10. The van der Waals surface area contributed by atoms with Crippen LogP contribution in [0.1, 0.15) is 134 Å². The first-order valence-electron chi connectivity index (χ1n) is 30.7. The van der Waals surface area contributed by atoms with Crippen molar-refractivity contribution in [2.75, 3.05) is 56.4 Å². The standard InChI is InChI=1S/C65H84N14O11/c1-5-29-78(30-6-2)63(87)47-33-45-19-20-46(35-53(45)74-54(66)36-47)60(84)73-50-34-48-39-77(32-25-51(48)71-37-50)38-42-13-17-44(18-14-42)59(83)68-27-28-70-65(89)90-40-43-15-21-49(22-16-43)72-61(85)52(11-10-26-69-64(67)88)75-62(86)58(41(3)4)76-55(80)12-8-7-9-31-79-56(81)23-24-57(79)82/h13-24,33-35,37,41,52,56,58,81H,5-12,25-32,36,38-40H2,1-4H3,(H2,66,74)(H,68,83)(H,70,89)(H,72,85)(H,73,84)(H,75,86)(H,76,80)(H3,67,69,88)/t52-,56?,58-/m0/s1. The first-order chi connectivity index (χ1) is 43.3. The number of hydrogen-bond donors (Lipinski definition) is 10. The number of carbonyl (C=O) groups is 9. The number of alkyl carbamates (subject to hydrolysis) is 1. The topological polar surface area (TPSA) is 354 Å². The number of urea groups is 1. The summed E-state index contributed by atoms with van der Waals surface area (Å²) in [6.07, 6.45) is 9.42. The van der Waals surface area contributed by atoms with Crippen LogP contribution in [-0.4, -0.2) is 148 Å². The molecule has 10 amide bonds. The number of benzene rings is 3. The number of nitrogens with two attached hydrogens (primary N) is 2. The minimum Gasteiger partial charge on any atom is -0.445 e. The van der Waals surface area contributed by atoms with E-state index in [1.807, 2.05) is 43.0 Å². The van der Waals surface area contributed by atoms with E-state index in [4.69, 9.17) is 16.2 Å². The van der Waals surface area contributed by atoms with Crippen LogP contribution in [0.15, 0.2) is 102 Å². The summed E-state index contributed by atoms with van der Waals surface area (Å²) in [5, 5.41) is 29.1. The van der Waals surface area contributed by atoms with E-state index in [1.54, 1.807) is 74.6 Å². The molecule has 0 bridgehead atoms. The Morgan fingerprint density at radius 1 is 0.789 bits per heavy atom. The van der Waals surface area contributed by atoms with Crippen molar-refractivity contribution in [2.45, 2.75) is 130 Å². The monoisotopic (exact) mass is 1240 g/mol. The van der Waals surface area contributed by atoms with Gasteiger partial charge in [0, 0.05) is 118 Å². The number of aliphatic imine (C=N–C) groups is 1. The number of pyridine rings is 1. The molecule has 0 radical (unpaired) electrons. The maximum Gasteiger partial charge on any atom is 0.407 e. The molecule has 1 unspecified atom stereocenters. The number of fused-ring (bicyclic) bond motifs is 2. The van der Waals surface area contributed by atoms with Gasteiger partial charge in [0.25, 0.3) is 11.8 Å². The molecular formula is C65H84N14O11. The summed E-state index contributed by atoms with van der Waals surface area (Å²) in [5.41, 5.74) is 18.6. The highest BCUT2D eigenvalue weighted by Crippen LogP contribution is 2.30. The van der Waals surface area contributed by atoms with Gasteiger partial charge < -0.3 is 68.3 Å². The zero-order valence-corrected chi connectivity index (χ0v) is 51.6. The van der Waals surface area contributed by atoms with Crippen LogP contribution in [0.25, 0.3) is 6.08 Å². The number of hydrogen-bond acceptors (Lipinski definition) is 15. The second-order valence-electron chi connectivity index (χ2n) is 22.8. The third kappa shape index (κ3) is 20.5. The zero-order valence-electron chi connectivity index (χ0n) is 51.6. The predicted octanol–water partition coefficient (Wildman–Crippen LogP) is 5.26. The quantitative estimate of drug-likeness (QED) is 0.0287. The Kier molecular flexibility index (Phi) is 25.5. The molecule has 0 aliphatic carbocycles. The number of amidine groups is 1. The van der Waals surface area contributed by atoms with Crippen LogP contribution < -0.4 is 48.7 Å². The summed E-state index contributed by atoms with van der Waals surface area (Å²) in [4.78, 5) is 131. The molecule has 4 heterocycles. The van der Waals surface area contributed by atoms with Gasteiger partial charge in [-0.1, -0.05) is 64.4 Å². The smallest absolute Gasteiger partial charge is 0.407 e. The van der Waals surface area contributed by atoms with Gasteiger partial charge in [-0.2, -0.15) is 0 Å². The molecule has 4 aromatic rings. The number of primary amides is 1. The average molecular weight is 1240 g/mol. The molecule has 12 N–H and O–H groups in total. The molecule has 0 saturated carbocycles. The minimum absolute atomic E-state index is 0.0589. The number of rotatable bonds is 31. The van der Waals surface area contributed by atoms with Crippen LogP contribution >= 0.6 is 0 Å². The van der Waals surface area contributed by atoms with E-state index in [2.05, 4.69) is 52.1 Å². The molecule has 3 atom stereocenters. The van der Waals surface area contributed by atoms with Gasteiger partial charge in [-0.15, -0.1) is 0 Å². The van der Waals surface area contributed by atoms with Gasteiger partial charge in [-0.05, 0) is 116 Å². The minimum atomic E-state index is -1.06. The number of anilines is 2. The molecule has 3 aliphatic heterocycles. The summed E-state index contributed by atoms with van der Waals surface area (Å²) in [6, 6.07) is 18.2. The summed E-state index contributed by atoms with van der Waals surface area (Å²) in [5.74, 6) is -2.48. The number of aliphatic hydroxyl groups is 1. The number of carbonyl (C=O) groups excluding carboxylic acids is 9. The number of ether oxygens (including phenoxy) is 1. The fourth-order valence-corrected chi connectivity index (χ4v) is 10.5. The molecule has 1 aromatic heterocycles. The molecule has 25 nitrogen and oxygen atoms in total. The Morgan fingerprint density at radius 3 is 2.21 bits per heavy atom. The van der Waals surface area contributed by atoms with Crippen LogP contribution in [0.5, 0.6) is 0 Å². The summed E-state index contributed by atoms with van der Waals surface area (Å²) in [6.45, 7) is 11.5. The van der Waals surface area contributed by atoms with Crippen molar-refractivity contribution >= 4 is 82.4 Å². The Morgan fingerprint density at radius 2 is 1.51 bits per heavy atom. The lowest BCUT2D eigenvalue weighted by molar-refractivity contribution is -0.132. The molecule has 90 heavy (non-hydrogen) atoms. The SMILES string of the molecule is CCCN(CCC)C(=O)C1=Cc2ccc(C(=O)Nc3cnc4c(c3)CN(Cc3ccc(C(=O)NCCNC(=O)OCc5ccc(NC(=O)[C@H](CCCNC(N)=O)NC(=O)[C@@H](NC(=O)CCCCCN6C(=O)C=CC6O)C(C)C)cc5)cc3)CC4)cc2N=C(N)C1. The fourth-order valence-electron chi connectivity index (χ4n) is 10.5. The van der Waals surface area contributed by atoms with Gasteiger partial charge in [-0.25, -0.2) is 14.6 Å². The first kappa shape index (κ1) is 68.0. The molecule has 0 spiro atoms. The Bertz CT molecular complexity index is 3310. The van der Waals surface area contributed by atoms with Crippen LogP contribution in [0.2, 0.25) is 0 Å². The maximum absolute atomic E-state index is 13.6. The third-order valence-electron chi connectivity index (χ3n) is 15.3. The molecule has 3 aromatic carbocycles. The highest BCUT2D eigenvalue weighted by molar-refractivity contribution is 6.08. The third-order valence-corrected chi connectivity index (χ3v) is 15.3. The van der Waals surface area contributed by atoms with Gasteiger partial charge in [0.15, 0.2) is 0 Å². The zero-order chi connectivity index (χ0) is 64.7. The van der Waals surface area contributed by atoms with Crippen LogP contribution in [-0.2, 0) is 54.8 Å². The summed E-state index contributed by atoms with van der Waals surface area (Å²) in [7, 11) is 0. The Balaban J connectivity index is 0.804. The van der Waals surface area contributed by atoms with E-state index in [1.165, 1.54) is 17.1 Å². The second kappa shape index (κ2) is 33.7. The average Bonchev–Trinajstić information content (AvgIpc) is 1.59. The van der Waals surface area contributed by atoms with E-state index in [9.17, 15) is 48.3 Å². The van der Waals surface area contributed by atoms with Gasteiger partial charge in [0.05, 0.1) is 17.6 Å². The van der Waals surface area contributed by atoms with E-state index in [0.717, 1.165) is 42.6 Å². The van der Waals surface area contributed by atoms with Gasteiger partial charge in [0.1, 0.15) is 30.8 Å². The fraction of sp³-hybridized carbons (Fsp3) is 0.431. The molecular weight excluding hydrogens is 1150 g/mol. The van der Waals surface area contributed by atoms with Gasteiger partial charge in [0.2, 0.25) is 29.5 Å². The van der Waals surface area contributed by atoms with Crippen molar-refractivity contribution in [3.05, 3.63) is 136 Å². The molecule has 25 heteroatoms. The van der Waals surface area contributed by atoms with Crippen LogP contribution in [0.4, 0.5) is 26.7 Å². The number of unbranched alkanes of at least 4 members (excludes halogenated alkanes) is 2. The largest absolute Gasteiger partial charge is 0.445 e. The first-order valence-corrected chi connectivity index (χ1v) is 30.7. The maximum atomic E-state index is 13.6. The van der Waals surface area contributed by atoms with Crippen LogP contribution in [0, 0.1) is 5.92 Å². The van der Waals surface area contributed by atoms with E-state index in [-0.39, 0.29) is 81.0 Å². The van der Waals surface area contributed by atoms with Crippen LogP contribution in [0.3, 0.4) is 0 Å². The van der Waals surface area contributed by atoms with Crippen molar-refractivity contribution in [3.8, 4) is 0 Å². The van der Waals surface area contributed by atoms with Gasteiger partial charge in [-0.3, -0.25) is 43.4 Å². The normalized spacial score (nSPS) is 15.0. The van der Waals surface area contributed by atoms with Crippen molar-refractivity contribution in [2.24, 2.45) is 22.4 Å². The molecule has 0 saturated heterocycles. The number of nitrogens with zero attached hydrogens (tertiary/aromatic N) is 5. The predicted molar refractivity (Wildman–Crippen MR) is 340 cm³/mol. The highest BCUT2D eigenvalue weighted by atomic mass is 16.5. The second-order valence-corrected chi connectivity index (χ2v) is 22.8. The molecule has 7 rings (SSSR count). The number of aliphatic hydroxyl groups excluding tert-OH is 1. The Hall–Kier alpha value is -9.49.